The van der Waals surface area contributed by atoms with Crippen molar-refractivity contribution in [2.45, 2.75) is 39.2 Å². The molecule has 0 radical (unpaired) electrons. The number of rotatable bonds is 4. The van der Waals surface area contributed by atoms with Crippen LogP contribution in [0.25, 0.3) is 5.65 Å². The van der Waals surface area contributed by atoms with E-state index >= 15 is 0 Å². The Hall–Kier alpha value is -2.96. The molecule has 0 aromatic carbocycles. The third kappa shape index (κ3) is 3.77. The zero-order valence-electron chi connectivity index (χ0n) is 15.6. The van der Waals surface area contributed by atoms with Gasteiger partial charge in [0.2, 0.25) is 0 Å². The Morgan fingerprint density at radius 2 is 1.96 bits per heavy atom. The first-order valence-electron chi connectivity index (χ1n) is 9.50. The van der Waals surface area contributed by atoms with Gasteiger partial charge in [-0.2, -0.15) is 5.10 Å². The van der Waals surface area contributed by atoms with Crippen LogP contribution in [0.3, 0.4) is 0 Å². The Balaban J connectivity index is 1.42. The molecule has 4 rings (SSSR count). The fourth-order valence-corrected chi connectivity index (χ4v) is 3.54. The number of hydrogen-bond donors (Lipinski definition) is 1. The van der Waals surface area contributed by atoms with E-state index in [1.165, 1.54) is 25.7 Å². The standard InChI is InChI=1S/C20H24N6O/c1-15-18(19-21-9-6-12-26(19)24-15)20(27)23-14-16-7-8-17(22-13-16)25-10-4-2-3-5-11-25/h6-9,12-13H,2-5,10-11,14H2,1H3,(H,23,27). The minimum absolute atomic E-state index is 0.169. The van der Waals surface area contributed by atoms with Gasteiger partial charge in [0.1, 0.15) is 11.4 Å². The lowest BCUT2D eigenvalue weighted by Gasteiger charge is -2.21. The summed E-state index contributed by atoms with van der Waals surface area (Å²) in [6.45, 7) is 4.39. The van der Waals surface area contributed by atoms with Gasteiger partial charge in [0, 0.05) is 38.2 Å². The van der Waals surface area contributed by atoms with Gasteiger partial charge >= 0.3 is 0 Å². The molecule has 27 heavy (non-hydrogen) atoms. The number of carbonyl (C=O) groups is 1. The summed E-state index contributed by atoms with van der Waals surface area (Å²) in [5.41, 5.74) is 2.73. The highest BCUT2D eigenvalue weighted by Crippen LogP contribution is 2.18. The van der Waals surface area contributed by atoms with Gasteiger partial charge in [-0.05, 0) is 37.5 Å². The number of nitrogens with one attached hydrogen (secondary N) is 1. The second-order valence-electron chi connectivity index (χ2n) is 6.96. The van der Waals surface area contributed by atoms with Gasteiger partial charge < -0.3 is 10.2 Å². The first kappa shape index (κ1) is 17.5. The summed E-state index contributed by atoms with van der Waals surface area (Å²) < 4.78 is 1.63. The van der Waals surface area contributed by atoms with Crippen molar-refractivity contribution in [3.8, 4) is 0 Å². The molecular formula is C20H24N6O. The Morgan fingerprint density at radius 3 is 2.70 bits per heavy atom. The zero-order chi connectivity index (χ0) is 18.6. The molecule has 140 valence electrons. The number of hydrogen-bond acceptors (Lipinski definition) is 5. The van der Waals surface area contributed by atoms with Gasteiger partial charge in [-0.3, -0.25) is 4.79 Å². The monoisotopic (exact) mass is 364 g/mol. The highest BCUT2D eigenvalue weighted by Gasteiger charge is 2.18. The first-order chi connectivity index (χ1) is 13.2. The molecule has 1 amide bonds. The van der Waals surface area contributed by atoms with Crippen LogP contribution < -0.4 is 10.2 Å². The van der Waals surface area contributed by atoms with Crippen molar-refractivity contribution in [3.63, 3.8) is 0 Å². The lowest BCUT2D eigenvalue weighted by molar-refractivity contribution is 0.0951. The van der Waals surface area contributed by atoms with Crippen LogP contribution >= 0.6 is 0 Å². The van der Waals surface area contributed by atoms with Gasteiger partial charge in [0.25, 0.3) is 5.91 Å². The summed E-state index contributed by atoms with van der Waals surface area (Å²) in [5.74, 6) is 0.854. The molecule has 0 spiro atoms. The number of nitrogens with zero attached hydrogens (tertiary/aromatic N) is 5. The van der Waals surface area contributed by atoms with Crippen molar-refractivity contribution in [1.29, 1.82) is 0 Å². The minimum Gasteiger partial charge on any atom is -0.357 e. The zero-order valence-corrected chi connectivity index (χ0v) is 15.6. The second kappa shape index (κ2) is 7.73. The van der Waals surface area contributed by atoms with E-state index in [2.05, 4.69) is 31.3 Å². The highest BCUT2D eigenvalue weighted by molar-refractivity contribution is 6.00. The molecule has 0 atom stereocenters. The molecular weight excluding hydrogens is 340 g/mol. The molecule has 0 saturated carbocycles. The fraction of sp³-hybridized carbons (Fsp3) is 0.400. The van der Waals surface area contributed by atoms with E-state index in [0.717, 1.165) is 24.5 Å². The van der Waals surface area contributed by atoms with Gasteiger partial charge in [-0.25, -0.2) is 14.5 Å². The van der Waals surface area contributed by atoms with E-state index in [4.69, 9.17) is 0 Å². The number of anilines is 1. The fourth-order valence-electron chi connectivity index (χ4n) is 3.54. The lowest BCUT2D eigenvalue weighted by Crippen LogP contribution is -2.25. The molecule has 3 aromatic rings. The molecule has 7 nitrogen and oxygen atoms in total. The second-order valence-corrected chi connectivity index (χ2v) is 6.96. The summed E-state index contributed by atoms with van der Waals surface area (Å²) in [6, 6.07) is 5.88. The molecule has 0 aliphatic carbocycles. The average Bonchev–Trinajstić information content (AvgIpc) is 2.85. The van der Waals surface area contributed by atoms with Crippen molar-refractivity contribution in [2.24, 2.45) is 0 Å². The molecule has 1 saturated heterocycles. The number of fused-ring (bicyclic) bond motifs is 1. The maximum atomic E-state index is 12.6. The van der Waals surface area contributed by atoms with E-state index in [1.807, 2.05) is 19.2 Å². The SMILES string of the molecule is Cc1nn2cccnc2c1C(=O)NCc1ccc(N2CCCCCC2)nc1. The lowest BCUT2D eigenvalue weighted by atomic mass is 10.2. The van der Waals surface area contributed by atoms with Gasteiger partial charge in [0.05, 0.1) is 5.69 Å². The summed E-state index contributed by atoms with van der Waals surface area (Å²) in [4.78, 5) is 23.9. The van der Waals surface area contributed by atoms with Gasteiger partial charge in [0.15, 0.2) is 5.65 Å². The predicted molar refractivity (Wildman–Crippen MR) is 104 cm³/mol. The van der Waals surface area contributed by atoms with Crippen LogP contribution in [0.5, 0.6) is 0 Å². The number of aromatic nitrogens is 4. The highest BCUT2D eigenvalue weighted by atomic mass is 16.1. The number of carbonyl (C=O) groups excluding carboxylic acids is 1. The minimum atomic E-state index is -0.169. The smallest absolute Gasteiger partial charge is 0.257 e. The first-order valence-corrected chi connectivity index (χ1v) is 9.50. The van der Waals surface area contributed by atoms with E-state index in [-0.39, 0.29) is 5.91 Å². The Kier molecular flexibility index (Phi) is 5.00. The van der Waals surface area contributed by atoms with Gasteiger partial charge in [-0.1, -0.05) is 18.9 Å². The molecule has 4 heterocycles. The third-order valence-electron chi connectivity index (χ3n) is 4.99. The molecule has 3 aromatic heterocycles. The normalized spacial score (nSPS) is 14.9. The van der Waals surface area contributed by atoms with Crippen LogP contribution in [-0.4, -0.2) is 38.6 Å². The number of aryl methyl sites for hydroxylation is 1. The quantitative estimate of drug-likeness (QED) is 0.770. The maximum Gasteiger partial charge on any atom is 0.257 e. The van der Waals surface area contributed by atoms with Crippen molar-refractivity contribution in [1.82, 2.24) is 24.9 Å². The summed E-state index contributed by atoms with van der Waals surface area (Å²) in [7, 11) is 0. The van der Waals surface area contributed by atoms with E-state index in [1.54, 1.807) is 23.0 Å². The largest absolute Gasteiger partial charge is 0.357 e. The van der Waals surface area contributed by atoms with Crippen molar-refractivity contribution >= 4 is 17.4 Å². The van der Waals surface area contributed by atoms with Gasteiger partial charge in [-0.15, -0.1) is 0 Å². The molecule has 1 aliphatic heterocycles. The van der Waals surface area contributed by atoms with Crippen molar-refractivity contribution in [2.75, 3.05) is 18.0 Å². The average molecular weight is 364 g/mol. The van der Waals surface area contributed by atoms with Crippen molar-refractivity contribution in [3.05, 3.63) is 53.6 Å². The van der Waals surface area contributed by atoms with Crippen LogP contribution in [0.1, 0.15) is 47.3 Å². The van der Waals surface area contributed by atoms with Crippen molar-refractivity contribution < 1.29 is 4.79 Å². The number of pyridine rings is 1. The molecule has 1 N–H and O–H groups in total. The van der Waals surface area contributed by atoms with Crippen LogP contribution in [0.4, 0.5) is 5.82 Å². The number of amides is 1. The predicted octanol–water partition coefficient (Wildman–Crippen LogP) is 2.74. The Bertz CT molecular complexity index is 925. The Labute approximate surface area is 158 Å². The van der Waals surface area contributed by atoms with Crippen LogP contribution in [0.2, 0.25) is 0 Å². The summed E-state index contributed by atoms with van der Waals surface area (Å²) in [5, 5.41) is 7.29. The van der Waals surface area contributed by atoms with Crippen LogP contribution in [-0.2, 0) is 6.54 Å². The summed E-state index contributed by atoms with van der Waals surface area (Å²) in [6.07, 6.45) is 10.4. The molecule has 0 unspecified atom stereocenters. The Morgan fingerprint density at radius 1 is 1.15 bits per heavy atom. The summed E-state index contributed by atoms with van der Waals surface area (Å²) >= 11 is 0. The molecule has 1 fully saturated rings. The van der Waals surface area contributed by atoms with Crippen LogP contribution in [0, 0.1) is 6.92 Å². The van der Waals surface area contributed by atoms with Crippen LogP contribution in [0.15, 0.2) is 36.8 Å². The van der Waals surface area contributed by atoms with E-state index < -0.39 is 0 Å². The van der Waals surface area contributed by atoms with E-state index in [9.17, 15) is 4.79 Å². The molecule has 7 heteroatoms. The van der Waals surface area contributed by atoms with E-state index in [0.29, 0.717) is 23.4 Å². The topological polar surface area (TPSA) is 75.4 Å². The third-order valence-corrected chi connectivity index (χ3v) is 4.99. The molecule has 0 bridgehead atoms. The molecule has 1 aliphatic rings. The maximum absolute atomic E-state index is 12.6.